The van der Waals surface area contributed by atoms with Crippen molar-refractivity contribution >= 4 is 71.7 Å². The van der Waals surface area contributed by atoms with E-state index in [1.807, 2.05) is 24.3 Å². The number of furan rings is 2. The van der Waals surface area contributed by atoms with E-state index < -0.39 is 0 Å². The molecule has 0 atom stereocenters. The summed E-state index contributed by atoms with van der Waals surface area (Å²) >= 11 is 0. The van der Waals surface area contributed by atoms with Crippen LogP contribution in [0.25, 0.3) is 88.0 Å². The van der Waals surface area contributed by atoms with Gasteiger partial charge in [-0.3, -0.25) is 0 Å². The highest BCUT2D eigenvalue weighted by atomic mass is 16.3. The summed E-state index contributed by atoms with van der Waals surface area (Å²) in [7, 11) is 0. The summed E-state index contributed by atoms with van der Waals surface area (Å²) in [5.41, 5.74) is 13.7. The van der Waals surface area contributed by atoms with Crippen LogP contribution in [0, 0.1) is 0 Å². The highest BCUT2D eigenvalue weighted by Gasteiger charge is 2.22. The van der Waals surface area contributed by atoms with Crippen molar-refractivity contribution in [3.8, 4) is 33.4 Å². The van der Waals surface area contributed by atoms with Crippen molar-refractivity contribution in [3.63, 3.8) is 0 Å². The molecule has 0 saturated carbocycles. The predicted octanol–water partition coefficient (Wildman–Crippen LogP) is 15.1. The molecule has 0 amide bonds. The van der Waals surface area contributed by atoms with Gasteiger partial charge in [-0.05, 0) is 99.3 Å². The van der Waals surface area contributed by atoms with Gasteiger partial charge in [0.15, 0.2) is 0 Å². The van der Waals surface area contributed by atoms with E-state index >= 15 is 0 Å². The zero-order chi connectivity index (χ0) is 36.3. The van der Waals surface area contributed by atoms with Gasteiger partial charge in [-0.15, -0.1) is 0 Å². The molecule has 9 aromatic carbocycles. The summed E-state index contributed by atoms with van der Waals surface area (Å²) in [6, 6.07) is 71.1. The maximum Gasteiger partial charge on any atom is 0.137 e. The van der Waals surface area contributed by atoms with Gasteiger partial charge in [0.25, 0.3) is 0 Å². The number of fused-ring (bicyclic) bond motifs is 7. The van der Waals surface area contributed by atoms with Crippen LogP contribution in [0.2, 0.25) is 0 Å². The zero-order valence-corrected chi connectivity index (χ0v) is 29.8. The first-order chi connectivity index (χ1) is 27.3. The molecule has 0 N–H and O–H groups in total. The maximum atomic E-state index is 6.43. The molecular weight excluding hydrogens is 671 g/mol. The van der Waals surface area contributed by atoms with Gasteiger partial charge >= 0.3 is 0 Å². The number of hydrogen-bond acceptors (Lipinski definition) is 3. The molecule has 0 aliphatic carbocycles. The standard InChI is InChI=1S/C52H33NO2/c1-2-16-40-35(12-1)13-10-20-41(40)37-14-9-15-38(32-37)42-17-3-6-21-46(42)53(47-22-11-25-51-52(47)44-19-5-8-24-49(44)55-51)39-29-26-34(27-30-39)36-28-31-50-45(33-36)43-18-4-7-23-48(43)54-50/h1-33H. The van der Waals surface area contributed by atoms with Gasteiger partial charge in [-0.2, -0.15) is 0 Å². The normalized spacial score (nSPS) is 11.6. The summed E-state index contributed by atoms with van der Waals surface area (Å²) in [5, 5.41) is 6.90. The molecule has 0 fully saturated rings. The lowest BCUT2D eigenvalue weighted by molar-refractivity contribution is 0.668. The van der Waals surface area contributed by atoms with Gasteiger partial charge in [0.05, 0.1) is 16.8 Å². The number of rotatable bonds is 6. The van der Waals surface area contributed by atoms with Crippen molar-refractivity contribution in [1.29, 1.82) is 0 Å². The molecular formula is C52H33NO2. The third-order valence-electron chi connectivity index (χ3n) is 10.9. The molecule has 0 saturated heterocycles. The van der Waals surface area contributed by atoms with Gasteiger partial charge in [0.2, 0.25) is 0 Å². The van der Waals surface area contributed by atoms with Crippen molar-refractivity contribution in [1.82, 2.24) is 0 Å². The van der Waals surface area contributed by atoms with E-state index in [-0.39, 0.29) is 0 Å². The Bertz CT molecular complexity index is 3220. The fourth-order valence-electron chi connectivity index (χ4n) is 8.30. The van der Waals surface area contributed by atoms with Crippen molar-refractivity contribution < 1.29 is 8.83 Å². The molecule has 0 radical (unpaired) electrons. The molecule has 11 aromatic rings. The van der Waals surface area contributed by atoms with Crippen molar-refractivity contribution in [2.24, 2.45) is 0 Å². The minimum absolute atomic E-state index is 0.858. The maximum absolute atomic E-state index is 6.43. The lowest BCUT2D eigenvalue weighted by Crippen LogP contribution is -2.11. The molecule has 258 valence electrons. The number of para-hydroxylation sites is 3. The van der Waals surface area contributed by atoms with Gasteiger partial charge < -0.3 is 13.7 Å². The molecule has 0 bridgehead atoms. The van der Waals surface area contributed by atoms with E-state index in [1.54, 1.807) is 0 Å². The summed E-state index contributed by atoms with van der Waals surface area (Å²) in [4.78, 5) is 2.39. The Morgan fingerprint density at radius 2 is 0.873 bits per heavy atom. The van der Waals surface area contributed by atoms with Crippen molar-refractivity contribution in [3.05, 3.63) is 200 Å². The first-order valence-corrected chi connectivity index (χ1v) is 18.7. The van der Waals surface area contributed by atoms with Crippen LogP contribution in [0.4, 0.5) is 17.1 Å². The summed E-state index contributed by atoms with van der Waals surface area (Å²) in [5.74, 6) is 0. The summed E-state index contributed by atoms with van der Waals surface area (Å²) in [6.45, 7) is 0. The minimum Gasteiger partial charge on any atom is -0.456 e. The first kappa shape index (κ1) is 31.2. The highest BCUT2D eigenvalue weighted by molar-refractivity contribution is 6.14. The van der Waals surface area contributed by atoms with Crippen LogP contribution in [0.15, 0.2) is 209 Å². The molecule has 0 unspecified atom stereocenters. The smallest absolute Gasteiger partial charge is 0.137 e. The van der Waals surface area contributed by atoms with Gasteiger partial charge in [-0.1, -0.05) is 140 Å². The van der Waals surface area contributed by atoms with Gasteiger partial charge in [0.1, 0.15) is 22.3 Å². The zero-order valence-electron chi connectivity index (χ0n) is 29.8. The van der Waals surface area contributed by atoms with Crippen LogP contribution in [0.1, 0.15) is 0 Å². The average Bonchev–Trinajstić information content (AvgIpc) is 3.83. The highest BCUT2D eigenvalue weighted by Crippen LogP contribution is 2.46. The molecule has 2 heterocycles. The molecule has 0 aliphatic heterocycles. The molecule has 11 rings (SSSR count). The van der Waals surface area contributed by atoms with Crippen LogP contribution < -0.4 is 4.90 Å². The van der Waals surface area contributed by atoms with Gasteiger partial charge in [0, 0.05) is 27.4 Å². The van der Waals surface area contributed by atoms with Crippen molar-refractivity contribution in [2.45, 2.75) is 0 Å². The summed E-state index contributed by atoms with van der Waals surface area (Å²) < 4.78 is 12.6. The average molecular weight is 704 g/mol. The van der Waals surface area contributed by atoms with E-state index in [4.69, 9.17) is 8.83 Å². The molecule has 0 spiro atoms. The van der Waals surface area contributed by atoms with Crippen LogP contribution in [0.3, 0.4) is 0 Å². The number of hydrogen-bond donors (Lipinski definition) is 0. The fraction of sp³-hybridized carbons (Fsp3) is 0. The molecule has 3 heteroatoms. The predicted molar refractivity (Wildman–Crippen MR) is 229 cm³/mol. The monoisotopic (exact) mass is 703 g/mol. The number of benzene rings is 9. The van der Waals surface area contributed by atoms with E-state index in [1.165, 1.54) is 21.9 Å². The first-order valence-electron chi connectivity index (χ1n) is 18.7. The Labute approximate surface area is 317 Å². The van der Waals surface area contributed by atoms with E-state index in [9.17, 15) is 0 Å². The lowest BCUT2D eigenvalue weighted by atomic mass is 9.94. The Hall–Kier alpha value is -7.36. The Balaban J connectivity index is 1.09. The Morgan fingerprint density at radius 3 is 1.75 bits per heavy atom. The molecule has 0 aliphatic rings. The fourth-order valence-corrected chi connectivity index (χ4v) is 8.30. The second-order valence-electron chi connectivity index (χ2n) is 14.1. The van der Waals surface area contributed by atoms with Crippen LogP contribution in [-0.4, -0.2) is 0 Å². The second-order valence-corrected chi connectivity index (χ2v) is 14.1. The number of anilines is 3. The quantitative estimate of drug-likeness (QED) is 0.173. The Kier molecular flexibility index (Phi) is 7.17. The molecule has 3 nitrogen and oxygen atoms in total. The number of nitrogens with zero attached hydrogens (tertiary/aromatic N) is 1. The largest absolute Gasteiger partial charge is 0.456 e. The van der Waals surface area contributed by atoms with E-state index in [2.05, 4.69) is 181 Å². The van der Waals surface area contributed by atoms with Gasteiger partial charge in [-0.25, -0.2) is 0 Å². The van der Waals surface area contributed by atoms with Crippen molar-refractivity contribution in [2.75, 3.05) is 4.90 Å². The third kappa shape index (κ3) is 5.20. The lowest BCUT2D eigenvalue weighted by Gasteiger charge is -2.29. The van der Waals surface area contributed by atoms with Crippen LogP contribution >= 0.6 is 0 Å². The second kappa shape index (κ2) is 12.6. The molecule has 2 aromatic heterocycles. The summed E-state index contributed by atoms with van der Waals surface area (Å²) in [6.07, 6.45) is 0. The van der Waals surface area contributed by atoms with Crippen LogP contribution in [-0.2, 0) is 0 Å². The van der Waals surface area contributed by atoms with E-state index in [0.29, 0.717) is 0 Å². The minimum atomic E-state index is 0.858. The van der Waals surface area contributed by atoms with E-state index in [0.717, 1.165) is 83.2 Å². The Morgan fingerprint density at radius 1 is 0.309 bits per heavy atom. The SMILES string of the molecule is c1cc(-c2ccccc2N(c2ccc(-c3ccc4oc5ccccc5c4c3)cc2)c2cccc3oc4ccccc4c23)cc(-c2cccc3ccccc23)c1. The third-order valence-corrected chi connectivity index (χ3v) is 10.9. The molecule has 55 heavy (non-hydrogen) atoms. The van der Waals surface area contributed by atoms with Crippen LogP contribution in [0.5, 0.6) is 0 Å². The topological polar surface area (TPSA) is 29.5 Å².